The van der Waals surface area contributed by atoms with E-state index in [2.05, 4.69) is 26.2 Å². The molecule has 0 aliphatic carbocycles. The summed E-state index contributed by atoms with van der Waals surface area (Å²) in [5.41, 5.74) is 0.615. The van der Waals surface area contributed by atoms with E-state index in [-0.39, 0.29) is 17.2 Å². The highest BCUT2D eigenvalue weighted by atomic mass is 79.9. The molecule has 3 rings (SSSR count). The Labute approximate surface area is 128 Å². The number of fused-ring (bicyclic) bond motifs is 1. The quantitative estimate of drug-likeness (QED) is 0.748. The summed E-state index contributed by atoms with van der Waals surface area (Å²) < 4.78 is 1.01. The summed E-state index contributed by atoms with van der Waals surface area (Å²) in [6, 6.07) is 16.1. The van der Waals surface area contributed by atoms with Gasteiger partial charge in [-0.1, -0.05) is 34.1 Å². The minimum atomic E-state index is -0.343. The number of aromatic nitrogens is 1. The highest BCUT2D eigenvalue weighted by Gasteiger charge is 2.07. The molecular formula is C16H11BrN2O2. The second-order valence-corrected chi connectivity index (χ2v) is 5.50. The van der Waals surface area contributed by atoms with Crippen LogP contribution in [0.25, 0.3) is 10.8 Å². The van der Waals surface area contributed by atoms with E-state index in [0.717, 1.165) is 15.2 Å². The van der Waals surface area contributed by atoms with Crippen LogP contribution in [0.5, 0.6) is 0 Å². The van der Waals surface area contributed by atoms with E-state index in [4.69, 9.17) is 0 Å². The molecule has 21 heavy (non-hydrogen) atoms. The molecule has 0 atom stereocenters. The first-order chi connectivity index (χ1) is 10.1. The Hall–Kier alpha value is -2.40. The Morgan fingerprint density at radius 3 is 2.57 bits per heavy atom. The van der Waals surface area contributed by atoms with Gasteiger partial charge in [0.1, 0.15) is 5.69 Å². The van der Waals surface area contributed by atoms with Crippen molar-refractivity contribution < 1.29 is 4.79 Å². The van der Waals surface area contributed by atoms with Crippen LogP contribution in [-0.4, -0.2) is 10.9 Å². The van der Waals surface area contributed by atoms with Crippen LogP contribution in [-0.2, 0) is 0 Å². The second-order valence-electron chi connectivity index (χ2n) is 4.59. The summed E-state index contributed by atoms with van der Waals surface area (Å²) >= 11 is 3.43. The maximum absolute atomic E-state index is 12.1. The number of H-pyrrole nitrogens is 1. The molecule has 0 bridgehead atoms. The van der Waals surface area contributed by atoms with E-state index in [1.54, 1.807) is 12.1 Å². The third-order valence-electron chi connectivity index (χ3n) is 3.07. The first-order valence-electron chi connectivity index (χ1n) is 6.32. The van der Waals surface area contributed by atoms with Gasteiger partial charge in [-0.2, -0.15) is 0 Å². The molecule has 0 unspecified atom stereocenters. The van der Waals surface area contributed by atoms with Crippen molar-refractivity contribution in [3.63, 3.8) is 0 Å². The van der Waals surface area contributed by atoms with Crippen LogP contribution in [0.1, 0.15) is 10.5 Å². The Morgan fingerprint density at radius 2 is 1.76 bits per heavy atom. The van der Waals surface area contributed by atoms with Gasteiger partial charge in [-0.05, 0) is 41.1 Å². The number of aromatic amines is 1. The van der Waals surface area contributed by atoms with E-state index >= 15 is 0 Å². The lowest BCUT2D eigenvalue weighted by Crippen LogP contribution is -2.17. The summed E-state index contributed by atoms with van der Waals surface area (Å²) in [6.45, 7) is 0. The highest BCUT2D eigenvalue weighted by molar-refractivity contribution is 9.10. The molecule has 0 aliphatic heterocycles. The van der Waals surface area contributed by atoms with Gasteiger partial charge in [-0.25, -0.2) is 0 Å². The summed E-state index contributed by atoms with van der Waals surface area (Å²) in [4.78, 5) is 25.8. The van der Waals surface area contributed by atoms with Crippen LogP contribution >= 0.6 is 15.9 Å². The maximum atomic E-state index is 12.1. The van der Waals surface area contributed by atoms with Crippen molar-refractivity contribution in [3.8, 4) is 0 Å². The van der Waals surface area contributed by atoms with Crippen molar-refractivity contribution in [3.05, 3.63) is 75.1 Å². The van der Waals surface area contributed by atoms with E-state index < -0.39 is 0 Å². The Kier molecular flexibility index (Phi) is 3.58. The van der Waals surface area contributed by atoms with Crippen molar-refractivity contribution in [2.45, 2.75) is 0 Å². The number of hydrogen-bond acceptors (Lipinski definition) is 2. The number of amides is 1. The van der Waals surface area contributed by atoms with Gasteiger partial charge < -0.3 is 10.3 Å². The zero-order valence-electron chi connectivity index (χ0n) is 10.9. The number of nitrogens with one attached hydrogen (secondary N) is 2. The van der Waals surface area contributed by atoms with Gasteiger partial charge in [-0.15, -0.1) is 0 Å². The monoisotopic (exact) mass is 342 g/mol. The van der Waals surface area contributed by atoms with Crippen molar-refractivity contribution >= 4 is 38.3 Å². The van der Waals surface area contributed by atoms with Gasteiger partial charge in [0.05, 0.1) is 0 Å². The van der Waals surface area contributed by atoms with Crippen LogP contribution < -0.4 is 10.9 Å². The fraction of sp³-hybridized carbons (Fsp3) is 0. The van der Waals surface area contributed by atoms with Crippen molar-refractivity contribution in [2.75, 3.05) is 5.32 Å². The average Bonchev–Trinajstić information content (AvgIpc) is 2.47. The molecule has 104 valence electrons. The largest absolute Gasteiger partial charge is 0.321 e. The number of pyridine rings is 1. The maximum Gasteiger partial charge on any atom is 0.272 e. The molecule has 0 radical (unpaired) electrons. The van der Waals surface area contributed by atoms with Gasteiger partial charge in [0.25, 0.3) is 5.91 Å². The molecule has 0 saturated carbocycles. The molecule has 0 spiro atoms. The number of carbonyl (C=O) groups is 1. The molecule has 1 heterocycles. The van der Waals surface area contributed by atoms with E-state index in [9.17, 15) is 9.59 Å². The highest BCUT2D eigenvalue weighted by Crippen LogP contribution is 2.23. The second kappa shape index (κ2) is 5.54. The Balaban J connectivity index is 1.89. The average molecular weight is 343 g/mol. The fourth-order valence-corrected chi connectivity index (χ4v) is 2.45. The predicted molar refractivity (Wildman–Crippen MR) is 86.7 cm³/mol. The van der Waals surface area contributed by atoms with Crippen LogP contribution in [0, 0.1) is 0 Å². The summed E-state index contributed by atoms with van der Waals surface area (Å²) in [5.74, 6) is -0.343. The first kappa shape index (κ1) is 13.6. The molecule has 4 nitrogen and oxygen atoms in total. The molecule has 1 amide bonds. The fourth-order valence-electron chi connectivity index (χ4n) is 2.07. The van der Waals surface area contributed by atoms with E-state index in [1.165, 1.54) is 6.07 Å². The number of anilines is 1. The van der Waals surface area contributed by atoms with Crippen molar-refractivity contribution in [2.24, 2.45) is 0 Å². The Morgan fingerprint density at radius 1 is 1.00 bits per heavy atom. The zero-order chi connectivity index (χ0) is 14.8. The molecule has 1 aromatic heterocycles. The lowest BCUT2D eigenvalue weighted by Gasteiger charge is -2.06. The van der Waals surface area contributed by atoms with Crippen LogP contribution in [0.15, 0.2) is 63.9 Å². The van der Waals surface area contributed by atoms with Gasteiger partial charge >= 0.3 is 0 Å². The molecule has 2 aromatic carbocycles. The van der Waals surface area contributed by atoms with E-state index in [0.29, 0.717) is 5.69 Å². The number of halogens is 1. The predicted octanol–water partition coefficient (Wildman–Crippen LogP) is 3.54. The van der Waals surface area contributed by atoms with Gasteiger partial charge in [-0.3, -0.25) is 9.59 Å². The van der Waals surface area contributed by atoms with Gasteiger partial charge in [0.2, 0.25) is 5.56 Å². The number of hydrogen-bond donors (Lipinski definition) is 2. The summed E-state index contributed by atoms with van der Waals surface area (Å²) in [7, 11) is 0. The minimum Gasteiger partial charge on any atom is -0.321 e. The van der Waals surface area contributed by atoms with E-state index in [1.807, 2.05) is 36.4 Å². The molecular weight excluding hydrogens is 332 g/mol. The number of rotatable bonds is 2. The molecule has 5 heteroatoms. The van der Waals surface area contributed by atoms with Crippen molar-refractivity contribution in [1.82, 2.24) is 4.98 Å². The number of carbonyl (C=O) groups excluding carboxylic acids is 1. The minimum absolute atomic E-state index is 0.235. The zero-order valence-corrected chi connectivity index (χ0v) is 12.5. The Bertz CT molecular complexity index is 887. The van der Waals surface area contributed by atoms with Crippen LogP contribution in [0.2, 0.25) is 0 Å². The van der Waals surface area contributed by atoms with Crippen molar-refractivity contribution in [1.29, 1.82) is 0 Å². The lowest BCUT2D eigenvalue weighted by molar-refractivity contribution is 0.102. The molecule has 2 N–H and O–H groups in total. The normalized spacial score (nSPS) is 10.5. The topological polar surface area (TPSA) is 62.0 Å². The van der Waals surface area contributed by atoms with Gasteiger partial charge in [0.15, 0.2) is 0 Å². The standard InChI is InChI=1S/C16H11BrN2O2/c17-12-6-4-11-9-13(7-5-10(11)8-12)18-16(21)14-2-1-3-15(20)19-14/h1-9H,(H,18,21)(H,19,20). The van der Waals surface area contributed by atoms with Gasteiger partial charge in [0, 0.05) is 16.2 Å². The van der Waals surface area contributed by atoms with Crippen LogP contribution in [0.4, 0.5) is 5.69 Å². The molecule has 0 fully saturated rings. The van der Waals surface area contributed by atoms with Crippen LogP contribution in [0.3, 0.4) is 0 Å². The first-order valence-corrected chi connectivity index (χ1v) is 7.11. The SMILES string of the molecule is O=C(Nc1ccc2cc(Br)ccc2c1)c1cccc(=O)[nH]1. The summed E-state index contributed by atoms with van der Waals surface area (Å²) in [6.07, 6.45) is 0. The lowest BCUT2D eigenvalue weighted by atomic mass is 10.1. The smallest absolute Gasteiger partial charge is 0.272 e. The molecule has 0 aliphatic rings. The third-order valence-corrected chi connectivity index (χ3v) is 3.57. The molecule has 0 saturated heterocycles. The molecule has 3 aromatic rings. The third kappa shape index (κ3) is 3.03. The summed E-state index contributed by atoms with van der Waals surface area (Å²) in [5, 5.41) is 4.88. The number of benzene rings is 2.